The Morgan fingerprint density at radius 1 is 1.22 bits per heavy atom. The second-order valence-electron chi connectivity index (χ2n) is 4.68. The fourth-order valence-electron chi connectivity index (χ4n) is 2.03. The van der Waals surface area contributed by atoms with Crippen LogP contribution in [0.1, 0.15) is 37.1 Å². The summed E-state index contributed by atoms with van der Waals surface area (Å²) < 4.78 is 0. The van der Waals surface area contributed by atoms with E-state index in [0.717, 1.165) is 21.1 Å². The van der Waals surface area contributed by atoms with Crippen molar-refractivity contribution in [2.75, 3.05) is 0 Å². The molecule has 0 saturated carbocycles. The summed E-state index contributed by atoms with van der Waals surface area (Å²) in [7, 11) is 0. The highest BCUT2D eigenvalue weighted by atomic mass is 32.1. The van der Waals surface area contributed by atoms with Gasteiger partial charge < -0.3 is 0 Å². The molecule has 0 aliphatic heterocycles. The first kappa shape index (κ1) is 13.0. The minimum atomic E-state index is 0.173. The molecule has 0 fully saturated rings. The van der Waals surface area contributed by atoms with Gasteiger partial charge in [-0.15, -0.1) is 11.3 Å². The van der Waals surface area contributed by atoms with Crippen LogP contribution in [0.15, 0.2) is 18.2 Å². The van der Waals surface area contributed by atoms with Gasteiger partial charge in [-0.25, -0.2) is 4.98 Å². The maximum atomic E-state index is 12.3. The van der Waals surface area contributed by atoms with Gasteiger partial charge in [-0.3, -0.25) is 4.79 Å². The molecule has 0 radical (unpaired) electrons. The Labute approximate surface area is 112 Å². The number of carbonyl (C=O) groups is 1. The number of carbonyl (C=O) groups excluding carboxylic acids is 1. The van der Waals surface area contributed by atoms with Gasteiger partial charge in [0.1, 0.15) is 0 Å². The fourth-order valence-corrected chi connectivity index (χ4v) is 2.89. The molecule has 0 atom stereocenters. The maximum Gasteiger partial charge on any atom is 0.179 e. The first-order valence-electron chi connectivity index (χ1n) is 6.00. The molecule has 2 aromatic rings. The van der Waals surface area contributed by atoms with Gasteiger partial charge in [0, 0.05) is 6.42 Å². The van der Waals surface area contributed by atoms with Gasteiger partial charge in [-0.1, -0.05) is 23.8 Å². The van der Waals surface area contributed by atoms with Gasteiger partial charge in [0.2, 0.25) is 0 Å². The zero-order valence-corrected chi connectivity index (χ0v) is 12.0. The zero-order chi connectivity index (χ0) is 13.3. The van der Waals surface area contributed by atoms with Crippen molar-refractivity contribution in [3.8, 4) is 0 Å². The summed E-state index contributed by atoms with van der Waals surface area (Å²) in [5.74, 6) is 0.173. The number of nitrogens with zero attached hydrogens (tertiary/aromatic N) is 1. The Morgan fingerprint density at radius 2 is 1.94 bits per heavy atom. The zero-order valence-electron chi connectivity index (χ0n) is 11.2. The quantitative estimate of drug-likeness (QED) is 0.785. The molecule has 1 aromatic heterocycles. The average Bonchev–Trinajstić information content (AvgIpc) is 2.63. The molecule has 0 aliphatic carbocycles. The summed E-state index contributed by atoms with van der Waals surface area (Å²) in [4.78, 5) is 17.4. The van der Waals surface area contributed by atoms with Gasteiger partial charge in [0.05, 0.1) is 15.6 Å². The number of aromatic nitrogens is 1. The van der Waals surface area contributed by atoms with Crippen LogP contribution in [0.25, 0.3) is 0 Å². The van der Waals surface area contributed by atoms with Crippen LogP contribution < -0.4 is 0 Å². The molecule has 0 saturated heterocycles. The highest BCUT2D eigenvalue weighted by Gasteiger charge is 2.15. The number of aryl methyl sites for hydroxylation is 4. The lowest BCUT2D eigenvalue weighted by atomic mass is 10.00. The van der Waals surface area contributed by atoms with Crippen LogP contribution in [0.3, 0.4) is 0 Å². The molecule has 1 heterocycles. The van der Waals surface area contributed by atoms with Gasteiger partial charge >= 0.3 is 0 Å². The smallest absolute Gasteiger partial charge is 0.179 e. The van der Waals surface area contributed by atoms with E-state index in [1.165, 1.54) is 22.5 Å². The van der Waals surface area contributed by atoms with E-state index < -0.39 is 0 Å². The number of benzene rings is 1. The molecule has 2 nitrogen and oxygen atoms in total. The minimum absolute atomic E-state index is 0.173. The molecular formula is C15H17NOS. The minimum Gasteiger partial charge on any atom is -0.293 e. The van der Waals surface area contributed by atoms with Crippen LogP contribution in [-0.2, 0) is 6.42 Å². The largest absolute Gasteiger partial charge is 0.293 e. The molecule has 0 bridgehead atoms. The second kappa shape index (κ2) is 5.02. The van der Waals surface area contributed by atoms with Crippen LogP contribution in [0.4, 0.5) is 0 Å². The molecule has 94 valence electrons. The third-order valence-corrected chi connectivity index (χ3v) is 4.13. The Kier molecular flexibility index (Phi) is 3.62. The number of rotatable bonds is 3. The van der Waals surface area contributed by atoms with Gasteiger partial charge in [-0.05, 0) is 38.8 Å². The van der Waals surface area contributed by atoms with E-state index in [1.807, 2.05) is 20.8 Å². The van der Waals surface area contributed by atoms with Gasteiger partial charge in [0.15, 0.2) is 5.78 Å². The molecule has 0 spiro atoms. The third-order valence-electron chi connectivity index (χ3n) is 3.01. The summed E-state index contributed by atoms with van der Waals surface area (Å²) >= 11 is 1.49. The van der Waals surface area contributed by atoms with Crippen LogP contribution in [0.2, 0.25) is 0 Å². The van der Waals surface area contributed by atoms with E-state index in [2.05, 4.69) is 30.1 Å². The highest BCUT2D eigenvalue weighted by molar-refractivity contribution is 7.13. The molecule has 1 aromatic carbocycles. The molecule has 0 amide bonds. The van der Waals surface area contributed by atoms with Crippen LogP contribution in [-0.4, -0.2) is 10.8 Å². The summed E-state index contributed by atoms with van der Waals surface area (Å²) in [6.07, 6.45) is 0.468. The fraction of sp³-hybridized carbons (Fsp3) is 0.333. The molecule has 3 heteroatoms. The maximum absolute atomic E-state index is 12.3. The molecule has 18 heavy (non-hydrogen) atoms. The van der Waals surface area contributed by atoms with Crippen molar-refractivity contribution in [2.24, 2.45) is 0 Å². The van der Waals surface area contributed by atoms with E-state index in [1.54, 1.807) is 0 Å². The average molecular weight is 259 g/mol. The lowest BCUT2D eigenvalue weighted by Crippen LogP contribution is -2.04. The van der Waals surface area contributed by atoms with Crippen molar-refractivity contribution in [3.05, 3.63) is 50.5 Å². The third kappa shape index (κ3) is 2.67. The summed E-state index contributed by atoms with van der Waals surface area (Å²) in [6.45, 7) is 7.94. The SMILES string of the molecule is Cc1ccc(C)c(CC(=O)c2sc(C)nc2C)c1. The Hall–Kier alpha value is -1.48. The molecule has 0 aliphatic rings. The molecule has 2 rings (SSSR count). The number of Topliss-reactive ketones (excluding diaryl/α,β-unsaturated/α-hetero) is 1. The topological polar surface area (TPSA) is 30.0 Å². The van der Waals surface area contributed by atoms with Crippen molar-refractivity contribution >= 4 is 17.1 Å². The van der Waals surface area contributed by atoms with Crippen molar-refractivity contribution in [1.29, 1.82) is 0 Å². The number of hydrogen-bond donors (Lipinski definition) is 0. The van der Waals surface area contributed by atoms with Crippen molar-refractivity contribution in [1.82, 2.24) is 4.98 Å². The highest BCUT2D eigenvalue weighted by Crippen LogP contribution is 2.21. The van der Waals surface area contributed by atoms with Crippen LogP contribution >= 0.6 is 11.3 Å². The first-order chi connectivity index (χ1) is 8.47. The summed E-state index contributed by atoms with van der Waals surface area (Å²) in [5, 5.41) is 0.955. The van der Waals surface area contributed by atoms with Crippen molar-refractivity contribution in [3.63, 3.8) is 0 Å². The summed E-state index contributed by atoms with van der Waals surface area (Å²) in [5.41, 5.74) is 4.34. The van der Waals surface area contributed by atoms with Crippen LogP contribution in [0.5, 0.6) is 0 Å². The van der Waals surface area contributed by atoms with E-state index in [-0.39, 0.29) is 5.78 Å². The molecule has 0 N–H and O–H groups in total. The Bertz CT molecular complexity index is 599. The van der Waals surface area contributed by atoms with E-state index in [4.69, 9.17) is 0 Å². The lowest BCUT2D eigenvalue weighted by molar-refractivity contribution is 0.0996. The number of thiazole rings is 1. The number of hydrogen-bond acceptors (Lipinski definition) is 3. The first-order valence-corrected chi connectivity index (χ1v) is 6.82. The van der Waals surface area contributed by atoms with Crippen LogP contribution in [0, 0.1) is 27.7 Å². The number of ketones is 1. The Balaban J connectivity index is 2.26. The Morgan fingerprint density at radius 3 is 2.56 bits per heavy atom. The molecule has 0 unspecified atom stereocenters. The monoisotopic (exact) mass is 259 g/mol. The van der Waals surface area contributed by atoms with Crippen molar-refractivity contribution < 1.29 is 4.79 Å². The second-order valence-corrected chi connectivity index (χ2v) is 5.88. The predicted molar refractivity (Wildman–Crippen MR) is 75.5 cm³/mol. The van der Waals surface area contributed by atoms with Crippen molar-refractivity contribution in [2.45, 2.75) is 34.1 Å². The normalized spacial score (nSPS) is 10.7. The summed E-state index contributed by atoms with van der Waals surface area (Å²) in [6, 6.07) is 6.24. The van der Waals surface area contributed by atoms with E-state index in [9.17, 15) is 4.79 Å². The lowest BCUT2D eigenvalue weighted by Gasteiger charge is -2.05. The van der Waals surface area contributed by atoms with E-state index in [0.29, 0.717) is 6.42 Å². The standard InChI is InChI=1S/C15H17NOS/c1-9-5-6-10(2)13(7-9)8-14(17)15-11(3)16-12(4)18-15/h5-7H,8H2,1-4H3. The molecular weight excluding hydrogens is 242 g/mol. The predicted octanol–water partition coefficient (Wildman–Crippen LogP) is 3.80. The van der Waals surface area contributed by atoms with Gasteiger partial charge in [0.25, 0.3) is 0 Å². The van der Waals surface area contributed by atoms with E-state index >= 15 is 0 Å². The van der Waals surface area contributed by atoms with Gasteiger partial charge in [-0.2, -0.15) is 0 Å².